The van der Waals surface area contributed by atoms with E-state index in [0.717, 1.165) is 16.3 Å². The van der Waals surface area contributed by atoms with Crippen LogP contribution >= 0.6 is 0 Å². The van der Waals surface area contributed by atoms with Gasteiger partial charge in [-0.2, -0.15) is 4.72 Å². The Balaban J connectivity index is 1.65. The smallest absolute Gasteiger partial charge is 0.242 e. The fraction of sp³-hybridized carbons (Fsp3) is 0.148. The van der Waals surface area contributed by atoms with Crippen molar-refractivity contribution >= 4 is 32.4 Å². The van der Waals surface area contributed by atoms with Gasteiger partial charge in [-0.15, -0.1) is 0 Å². The fourth-order valence-electron chi connectivity index (χ4n) is 3.87. The summed E-state index contributed by atoms with van der Waals surface area (Å²) in [5.41, 5.74) is 2.15. The summed E-state index contributed by atoms with van der Waals surface area (Å²) >= 11 is 0. The Morgan fingerprint density at radius 2 is 1.62 bits per heavy atom. The molecule has 6 nitrogen and oxygen atoms in total. The lowest BCUT2D eigenvalue weighted by Gasteiger charge is -2.20. The number of benzene rings is 4. The molecule has 34 heavy (non-hydrogen) atoms. The van der Waals surface area contributed by atoms with Crippen LogP contribution in [-0.4, -0.2) is 27.5 Å². The number of aryl methyl sites for hydroxylation is 1. The van der Waals surface area contributed by atoms with Crippen LogP contribution in [0.1, 0.15) is 11.1 Å². The van der Waals surface area contributed by atoms with Crippen molar-refractivity contribution in [3.8, 4) is 5.75 Å². The third kappa shape index (κ3) is 5.27. The van der Waals surface area contributed by atoms with Gasteiger partial charge in [-0.3, -0.25) is 4.79 Å². The summed E-state index contributed by atoms with van der Waals surface area (Å²) in [5, 5.41) is 4.78. The van der Waals surface area contributed by atoms with E-state index in [-0.39, 0.29) is 11.3 Å². The first-order valence-corrected chi connectivity index (χ1v) is 12.4. The molecule has 4 aromatic rings. The maximum Gasteiger partial charge on any atom is 0.242 e. The van der Waals surface area contributed by atoms with Crippen LogP contribution in [0.25, 0.3) is 10.8 Å². The van der Waals surface area contributed by atoms with Crippen LogP contribution in [0.3, 0.4) is 0 Å². The van der Waals surface area contributed by atoms with Crippen LogP contribution < -0.4 is 14.8 Å². The summed E-state index contributed by atoms with van der Waals surface area (Å²) in [7, 11) is -2.44. The molecule has 0 heterocycles. The number of carbonyl (C=O) groups excluding carboxylic acids is 1. The maximum atomic E-state index is 13.4. The molecule has 0 spiro atoms. The standard InChI is InChI=1S/C27H26N2O4S/c1-19-17-22(15-16-26(19)33-2)34(31,32)29-25(18-20-9-4-3-5-10-20)27(30)28-24-14-8-12-21-11-6-7-13-23(21)24/h3-17,25,29H,18H2,1-2H3,(H,28,30)/t25-/m1/s1. The van der Waals surface area contributed by atoms with Gasteiger partial charge in [0.15, 0.2) is 0 Å². The average molecular weight is 475 g/mol. The van der Waals surface area contributed by atoms with Crippen molar-refractivity contribution in [3.05, 3.63) is 102 Å². The van der Waals surface area contributed by atoms with Gasteiger partial charge in [0.1, 0.15) is 11.8 Å². The first-order chi connectivity index (χ1) is 16.4. The van der Waals surface area contributed by atoms with Crippen LogP contribution in [0.15, 0.2) is 95.9 Å². The molecule has 0 aromatic heterocycles. The normalized spacial score (nSPS) is 12.3. The molecule has 2 N–H and O–H groups in total. The lowest BCUT2D eigenvalue weighted by atomic mass is 10.1. The second-order valence-electron chi connectivity index (χ2n) is 8.01. The molecule has 0 aliphatic rings. The minimum Gasteiger partial charge on any atom is -0.496 e. The predicted octanol–water partition coefficient (Wildman–Crippen LogP) is 4.69. The Bertz CT molecular complexity index is 1410. The van der Waals surface area contributed by atoms with Gasteiger partial charge in [-0.25, -0.2) is 8.42 Å². The number of hydrogen-bond acceptors (Lipinski definition) is 4. The average Bonchev–Trinajstić information content (AvgIpc) is 2.84. The van der Waals surface area contributed by atoms with Crippen molar-refractivity contribution < 1.29 is 17.9 Å². The number of sulfonamides is 1. The van der Waals surface area contributed by atoms with Gasteiger partial charge < -0.3 is 10.1 Å². The second kappa shape index (κ2) is 10.1. The summed E-state index contributed by atoms with van der Waals surface area (Å²) in [4.78, 5) is 13.5. The van der Waals surface area contributed by atoms with Gasteiger partial charge >= 0.3 is 0 Å². The molecule has 0 fully saturated rings. The Labute approximate surface area is 199 Å². The van der Waals surface area contributed by atoms with E-state index in [1.807, 2.05) is 66.7 Å². The molecule has 4 rings (SSSR count). The van der Waals surface area contributed by atoms with Gasteiger partial charge in [0.25, 0.3) is 0 Å². The number of anilines is 1. The highest BCUT2D eigenvalue weighted by Gasteiger charge is 2.27. The Hall–Kier alpha value is -3.68. The number of fused-ring (bicyclic) bond motifs is 1. The summed E-state index contributed by atoms with van der Waals surface area (Å²) in [6.45, 7) is 1.77. The molecule has 7 heteroatoms. The third-order valence-electron chi connectivity index (χ3n) is 5.62. The lowest BCUT2D eigenvalue weighted by molar-refractivity contribution is -0.117. The van der Waals surface area contributed by atoms with E-state index < -0.39 is 22.0 Å². The largest absolute Gasteiger partial charge is 0.496 e. The molecule has 1 atom stereocenters. The van der Waals surface area contributed by atoms with Crippen molar-refractivity contribution in [2.45, 2.75) is 24.3 Å². The quantitative estimate of drug-likeness (QED) is 0.388. The van der Waals surface area contributed by atoms with Crippen LogP contribution in [0.4, 0.5) is 5.69 Å². The van der Waals surface area contributed by atoms with Crippen LogP contribution in [0.5, 0.6) is 5.75 Å². The highest BCUT2D eigenvalue weighted by Crippen LogP contribution is 2.24. The van der Waals surface area contributed by atoms with Gasteiger partial charge in [-0.1, -0.05) is 66.7 Å². The number of methoxy groups -OCH3 is 1. The number of hydrogen-bond donors (Lipinski definition) is 2. The molecule has 4 aromatic carbocycles. The van der Waals surface area contributed by atoms with Crippen molar-refractivity contribution in [1.29, 1.82) is 0 Å². The molecule has 1 amide bonds. The van der Waals surface area contributed by atoms with Gasteiger partial charge in [-0.05, 0) is 54.1 Å². The summed E-state index contributed by atoms with van der Waals surface area (Å²) < 4.78 is 34.3. The Kier molecular flexibility index (Phi) is 6.95. The lowest BCUT2D eigenvalue weighted by Crippen LogP contribution is -2.45. The SMILES string of the molecule is COc1ccc(S(=O)(=O)N[C@H](Cc2ccccc2)C(=O)Nc2cccc3ccccc23)cc1C. The molecule has 0 radical (unpaired) electrons. The maximum absolute atomic E-state index is 13.4. The monoisotopic (exact) mass is 474 g/mol. The van der Waals surface area contributed by atoms with E-state index in [2.05, 4.69) is 10.0 Å². The van der Waals surface area contributed by atoms with E-state index in [0.29, 0.717) is 17.0 Å². The predicted molar refractivity (Wildman–Crippen MR) is 135 cm³/mol. The minimum atomic E-state index is -3.97. The molecular formula is C27H26N2O4S. The highest BCUT2D eigenvalue weighted by molar-refractivity contribution is 7.89. The van der Waals surface area contributed by atoms with Crippen molar-refractivity contribution in [1.82, 2.24) is 4.72 Å². The molecule has 174 valence electrons. The Morgan fingerprint density at radius 1 is 0.912 bits per heavy atom. The van der Waals surface area contributed by atoms with E-state index >= 15 is 0 Å². The molecule has 0 saturated heterocycles. The van der Waals surface area contributed by atoms with Gasteiger partial charge in [0, 0.05) is 11.1 Å². The Morgan fingerprint density at radius 3 is 2.35 bits per heavy atom. The van der Waals surface area contributed by atoms with E-state index in [1.54, 1.807) is 19.1 Å². The third-order valence-corrected chi connectivity index (χ3v) is 7.09. The molecule has 0 unspecified atom stereocenters. The summed E-state index contributed by atoms with van der Waals surface area (Å²) in [5.74, 6) is 0.155. The fourth-order valence-corrected chi connectivity index (χ4v) is 5.15. The first kappa shape index (κ1) is 23.5. The molecule has 0 aliphatic carbocycles. The van der Waals surface area contributed by atoms with Crippen molar-refractivity contribution in [2.75, 3.05) is 12.4 Å². The van der Waals surface area contributed by atoms with Crippen molar-refractivity contribution in [3.63, 3.8) is 0 Å². The van der Waals surface area contributed by atoms with Gasteiger partial charge in [0.2, 0.25) is 15.9 Å². The van der Waals surface area contributed by atoms with E-state index in [1.165, 1.54) is 19.2 Å². The molecule has 0 saturated carbocycles. The highest BCUT2D eigenvalue weighted by atomic mass is 32.2. The number of nitrogens with one attached hydrogen (secondary N) is 2. The number of ether oxygens (including phenoxy) is 1. The molecule has 0 aliphatic heterocycles. The van der Waals surface area contributed by atoms with Crippen LogP contribution in [-0.2, 0) is 21.2 Å². The molecular weight excluding hydrogens is 448 g/mol. The summed E-state index contributed by atoms with van der Waals surface area (Å²) in [6, 6.07) is 26.2. The zero-order valence-corrected chi connectivity index (χ0v) is 19.8. The number of carbonyl (C=O) groups is 1. The first-order valence-electron chi connectivity index (χ1n) is 10.9. The van der Waals surface area contributed by atoms with Gasteiger partial charge in [0.05, 0.1) is 12.0 Å². The second-order valence-corrected chi connectivity index (χ2v) is 9.72. The topological polar surface area (TPSA) is 84.5 Å². The van der Waals surface area contributed by atoms with Crippen LogP contribution in [0, 0.1) is 6.92 Å². The zero-order chi connectivity index (χ0) is 24.1. The zero-order valence-electron chi connectivity index (χ0n) is 19.0. The number of rotatable bonds is 8. The van der Waals surface area contributed by atoms with Crippen LogP contribution in [0.2, 0.25) is 0 Å². The van der Waals surface area contributed by atoms with E-state index in [4.69, 9.17) is 4.74 Å². The minimum absolute atomic E-state index is 0.0711. The number of amides is 1. The van der Waals surface area contributed by atoms with E-state index in [9.17, 15) is 13.2 Å². The van der Waals surface area contributed by atoms with Crippen molar-refractivity contribution in [2.24, 2.45) is 0 Å². The molecule has 0 bridgehead atoms. The summed E-state index contributed by atoms with van der Waals surface area (Å²) in [6.07, 6.45) is 0.200.